The van der Waals surface area contributed by atoms with Crippen LogP contribution in [0.5, 0.6) is 0 Å². The molecule has 0 amide bonds. The van der Waals surface area contributed by atoms with Crippen LogP contribution < -0.4 is 5.32 Å². The maximum Gasteiger partial charge on any atom is 0.435 e. The summed E-state index contributed by atoms with van der Waals surface area (Å²) in [6.07, 6.45) is 5.79. The van der Waals surface area contributed by atoms with Crippen molar-refractivity contribution < 1.29 is 13.2 Å². The van der Waals surface area contributed by atoms with Crippen molar-refractivity contribution in [2.45, 2.75) is 57.3 Å². The molecule has 2 N–H and O–H groups in total. The van der Waals surface area contributed by atoms with Gasteiger partial charge in [0.1, 0.15) is 11.0 Å². The normalized spacial score (nSPS) is 18.6. The summed E-state index contributed by atoms with van der Waals surface area (Å²) in [6.45, 7) is 1.74. The highest BCUT2D eigenvalue weighted by Crippen LogP contribution is 2.34. The van der Waals surface area contributed by atoms with Crippen molar-refractivity contribution in [2.75, 3.05) is 0 Å². The number of para-hydroxylation sites is 2. The molecular formula is C31H31ClF3N7. The Balaban J connectivity index is 1.15. The van der Waals surface area contributed by atoms with E-state index in [2.05, 4.69) is 49.6 Å². The molecule has 2 atom stereocenters. The second-order valence-electron chi connectivity index (χ2n) is 10.7. The van der Waals surface area contributed by atoms with E-state index in [-0.39, 0.29) is 29.3 Å². The van der Waals surface area contributed by atoms with E-state index in [0.717, 1.165) is 52.1 Å². The molecule has 0 spiro atoms. The molecule has 0 fully saturated rings. The zero-order valence-corrected chi connectivity index (χ0v) is 23.8. The van der Waals surface area contributed by atoms with Crippen LogP contribution in [-0.4, -0.2) is 42.9 Å². The van der Waals surface area contributed by atoms with Crippen molar-refractivity contribution in [3.8, 4) is 0 Å². The van der Waals surface area contributed by atoms with Gasteiger partial charge in [-0.1, -0.05) is 60.2 Å². The molecule has 0 saturated carbocycles. The number of aliphatic imine (C=N–C) groups is 1. The Morgan fingerprint density at radius 1 is 1.05 bits per heavy atom. The summed E-state index contributed by atoms with van der Waals surface area (Å²) in [4.78, 5) is 15.4. The number of aromatic nitrogens is 4. The molecule has 42 heavy (non-hydrogen) atoms. The van der Waals surface area contributed by atoms with Crippen molar-refractivity contribution in [1.29, 1.82) is 0 Å². The minimum atomic E-state index is -4.56. The summed E-state index contributed by atoms with van der Waals surface area (Å²) in [5, 5.41) is 6.61. The molecule has 218 valence electrons. The maximum absolute atomic E-state index is 13.4. The van der Waals surface area contributed by atoms with Gasteiger partial charge in [-0.2, -0.15) is 18.3 Å². The van der Waals surface area contributed by atoms with Crippen LogP contribution in [0.3, 0.4) is 0 Å². The zero-order chi connectivity index (χ0) is 29.3. The number of halogens is 4. The second-order valence-corrected chi connectivity index (χ2v) is 11.1. The zero-order valence-electron chi connectivity index (χ0n) is 23.1. The van der Waals surface area contributed by atoms with Gasteiger partial charge in [-0.25, -0.2) is 4.98 Å². The molecular weight excluding hydrogens is 563 g/mol. The summed E-state index contributed by atoms with van der Waals surface area (Å²) in [5.74, 6) is 0.919. The van der Waals surface area contributed by atoms with Gasteiger partial charge < -0.3 is 10.3 Å². The third kappa shape index (κ3) is 6.21. The average Bonchev–Trinajstić information content (AvgIpc) is 3.53. The van der Waals surface area contributed by atoms with E-state index in [1.807, 2.05) is 48.7 Å². The SMILES string of the molecule is Cn1nc(C(F)(F)F)c(CNCc2ccc(CN(Cc3nc4ccccc4[nH]3)C3C=C4C=CC=NC4CC3)cc2)c1Cl. The largest absolute Gasteiger partial charge is 0.435 e. The summed E-state index contributed by atoms with van der Waals surface area (Å²) in [5.41, 5.74) is 4.32. The highest BCUT2D eigenvalue weighted by molar-refractivity contribution is 6.30. The predicted octanol–water partition coefficient (Wildman–Crippen LogP) is 6.36. The molecule has 2 unspecified atom stereocenters. The molecule has 4 aromatic rings. The van der Waals surface area contributed by atoms with Gasteiger partial charge in [-0.05, 0) is 47.8 Å². The maximum atomic E-state index is 13.4. The first kappa shape index (κ1) is 28.4. The van der Waals surface area contributed by atoms with Crippen molar-refractivity contribution in [3.63, 3.8) is 0 Å². The molecule has 2 aromatic heterocycles. The lowest BCUT2D eigenvalue weighted by Gasteiger charge is -2.34. The Kier molecular flexibility index (Phi) is 8.02. The minimum absolute atomic E-state index is 0.0192. The van der Waals surface area contributed by atoms with E-state index in [1.165, 1.54) is 12.6 Å². The number of benzene rings is 2. The van der Waals surface area contributed by atoms with Gasteiger partial charge in [0.25, 0.3) is 0 Å². The molecule has 1 aliphatic heterocycles. The van der Waals surface area contributed by atoms with Gasteiger partial charge in [0.2, 0.25) is 0 Å². The number of rotatable bonds is 9. The lowest BCUT2D eigenvalue weighted by atomic mass is 9.89. The molecule has 0 saturated heterocycles. The summed E-state index contributed by atoms with van der Waals surface area (Å²) < 4.78 is 41.1. The Morgan fingerprint density at radius 3 is 2.62 bits per heavy atom. The number of nitrogens with zero attached hydrogens (tertiary/aromatic N) is 5. The van der Waals surface area contributed by atoms with E-state index < -0.39 is 11.9 Å². The highest BCUT2D eigenvalue weighted by Gasteiger charge is 2.38. The van der Waals surface area contributed by atoms with E-state index in [4.69, 9.17) is 16.6 Å². The number of alkyl halides is 3. The fourth-order valence-electron chi connectivity index (χ4n) is 5.66. The Hall–Kier alpha value is -3.73. The molecule has 6 rings (SSSR count). The van der Waals surface area contributed by atoms with Crippen molar-refractivity contribution >= 4 is 28.8 Å². The number of dihydropyridines is 1. The number of allylic oxidation sites excluding steroid dienone is 1. The third-order valence-corrected chi connectivity index (χ3v) is 8.26. The monoisotopic (exact) mass is 593 g/mol. The predicted molar refractivity (Wildman–Crippen MR) is 158 cm³/mol. The lowest BCUT2D eigenvalue weighted by Crippen LogP contribution is -2.37. The molecule has 1 aliphatic carbocycles. The van der Waals surface area contributed by atoms with Crippen molar-refractivity contribution in [2.24, 2.45) is 12.0 Å². The number of fused-ring (bicyclic) bond motifs is 2. The van der Waals surface area contributed by atoms with E-state index >= 15 is 0 Å². The molecule has 2 aromatic carbocycles. The van der Waals surface area contributed by atoms with Crippen molar-refractivity contribution in [3.05, 3.63) is 106 Å². The van der Waals surface area contributed by atoms with Crippen LogP contribution in [0.2, 0.25) is 5.15 Å². The number of hydrogen-bond donors (Lipinski definition) is 2. The Labute approximate surface area is 246 Å². The van der Waals surface area contributed by atoms with Crippen LogP contribution in [-0.2, 0) is 39.4 Å². The standard InChI is InChI=1S/C31H31ClF3N7/c1-41-30(32)24(29(40-41)31(33,34)35)17-36-16-20-8-10-21(11-9-20)18-42(19-28-38-26-6-2-3-7-27(26)39-28)23-12-13-25-22(15-23)5-4-14-37-25/h2-11,14-15,23,25,36H,12-13,16-19H2,1H3,(H,38,39). The number of nitrogens with one attached hydrogen (secondary N) is 2. The highest BCUT2D eigenvalue weighted by atomic mass is 35.5. The molecule has 7 nitrogen and oxygen atoms in total. The Bertz CT molecular complexity index is 1620. The summed E-state index contributed by atoms with van der Waals surface area (Å²) in [7, 11) is 1.40. The number of imidazole rings is 1. The van der Waals surface area contributed by atoms with Crippen LogP contribution >= 0.6 is 11.6 Å². The fraction of sp³-hybridized carbons (Fsp3) is 0.323. The average molecular weight is 594 g/mol. The van der Waals surface area contributed by atoms with Gasteiger partial charge >= 0.3 is 6.18 Å². The molecule has 11 heteroatoms. The van der Waals surface area contributed by atoms with E-state index in [9.17, 15) is 13.2 Å². The summed E-state index contributed by atoms with van der Waals surface area (Å²) in [6, 6.07) is 16.7. The number of hydrogen-bond acceptors (Lipinski definition) is 5. The third-order valence-electron chi connectivity index (χ3n) is 7.78. The first-order chi connectivity index (χ1) is 20.2. The molecule has 0 radical (unpaired) electrons. The number of H-pyrrole nitrogens is 1. The Morgan fingerprint density at radius 2 is 1.83 bits per heavy atom. The number of aryl methyl sites for hydroxylation is 1. The van der Waals surface area contributed by atoms with Crippen molar-refractivity contribution in [1.82, 2.24) is 30.0 Å². The van der Waals surface area contributed by atoms with Crippen LogP contribution in [0.25, 0.3) is 11.0 Å². The van der Waals surface area contributed by atoms with Gasteiger partial charge in [0.15, 0.2) is 5.69 Å². The van der Waals surface area contributed by atoms with Gasteiger partial charge in [-0.15, -0.1) is 0 Å². The lowest BCUT2D eigenvalue weighted by molar-refractivity contribution is -0.142. The number of aromatic amines is 1. The van der Waals surface area contributed by atoms with Crippen LogP contribution in [0, 0.1) is 0 Å². The van der Waals surface area contributed by atoms with Gasteiger partial charge in [0.05, 0.1) is 23.6 Å². The smallest absolute Gasteiger partial charge is 0.341 e. The van der Waals surface area contributed by atoms with Crippen LogP contribution in [0.15, 0.2) is 77.3 Å². The topological polar surface area (TPSA) is 74.1 Å². The quantitative estimate of drug-likeness (QED) is 0.237. The first-order valence-corrected chi connectivity index (χ1v) is 14.3. The first-order valence-electron chi connectivity index (χ1n) is 13.9. The molecule has 2 aliphatic rings. The molecule has 3 heterocycles. The fourth-order valence-corrected chi connectivity index (χ4v) is 5.85. The van der Waals surface area contributed by atoms with Gasteiger partial charge in [0, 0.05) is 44.5 Å². The van der Waals surface area contributed by atoms with Crippen LogP contribution in [0.4, 0.5) is 13.2 Å². The molecule has 0 bridgehead atoms. The van der Waals surface area contributed by atoms with E-state index in [0.29, 0.717) is 13.1 Å². The van der Waals surface area contributed by atoms with Crippen LogP contribution in [0.1, 0.15) is 41.1 Å². The van der Waals surface area contributed by atoms with Gasteiger partial charge in [-0.3, -0.25) is 14.6 Å². The second kappa shape index (κ2) is 11.9. The minimum Gasteiger partial charge on any atom is -0.341 e. The summed E-state index contributed by atoms with van der Waals surface area (Å²) >= 11 is 6.09. The van der Waals surface area contributed by atoms with E-state index in [1.54, 1.807) is 0 Å².